The van der Waals surface area contributed by atoms with E-state index in [2.05, 4.69) is 15.4 Å². The molecule has 2 amide bonds. The van der Waals surface area contributed by atoms with E-state index in [4.69, 9.17) is 0 Å². The van der Waals surface area contributed by atoms with Gasteiger partial charge in [-0.1, -0.05) is 19.1 Å². The van der Waals surface area contributed by atoms with E-state index in [9.17, 15) is 14.4 Å². The van der Waals surface area contributed by atoms with Crippen molar-refractivity contribution in [2.24, 2.45) is 11.8 Å². The summed E-state index contributed by atoms with van der Waals surface area (Å²) in [4.78, 5) is 35.6. The van der Waals surface area contributed by atoms with Crippen LogP contribution in [0.2, 0.25) is 0 Å². The SMILES string of the molecule is CCCNC(=O)C1CC1C(=O)Nc1ccccc1C(=O)OC. The third-order valence-electron chi connectivity index (χ3n) is 3.60. The Morgan fingerprint density at radius 3 is 2.55 bits per heavy atom. The van der Waals surface area contributed by atoms with Crippen LogP contribution in [-0.4, -0.2) is 31.4 Å². The van der Waals surface area contributed by atoms with E-state index in [1.807, 2.05) is 6.92 Å². The van der Waals surface area contributed by atoms with Crippen molar-refractivity contribution in [2.75, 3.05) is 19.0 Å². The van der Waals surface area contributed by atoms with Crippen molar-refractivity contribution in [3.8, 4) is 0 Å². The second-order valence-electron chi connectivity index (χ2n) is 5.27. The van der Waals surface area contributed by atoms with Gasteiger partial charge in [-0.05, 0) is 25.0 Å². The van der Waals surface area contributed by atoms with Gasteiger partial charge in [-0.25, -0.2) is 4.79 Å². The van der Waals surface area contributed by atoms with Gasteiger partial charge in [0.15, 0.2) is 0 Å². The molecule has 0 heterocycles. The van der Waals surface area contributed by atoms with Crippen molar-refractivity contribution in [2.45, 2.75) is 19.8 Å². The van der Waals surface area contributed by atoms with Gasteiger partial charge in [-0.15, -0.1) is 0 Å². The van der Waals surface area contributed by atoms with Crippen LogP contribution in [-0.2, 0) is 14.3 Å². The molecule has 0 saturated heterocycles. The minimum Gasteiger partial charge on any atom is -0.465 e. The highest BCUT2D eigenvalue weighted by atomic mass is 16.5. The summed E-state index contributed by atoms with van der Waals surface area (Å²) in [6, 6.07) is 6.64. The fourth-order valence-electron chi connectivity index (χ4n) is 2.26. The third-order valence-corrected chi connectivity index (χ3v) is 3.60. The van der Waals surface area contributed by atoms with Gasteiger partial charge in [0.25, 0.3) is 0 Å². The van der Waals surface area contributed by atoms with E-state index in [0.29, 0.717) is 24.2 Å². The molecular weight excluding hydrogens is 284 g/mol. The van der Waals surface area contributed by atoms with Gasteiger partial charge >= 0.3 is 5.97 Å². The van der Waals surface area contributed by atoms with Gasteiger partial charge in [0.2, 0.25) is 11.8 Å². The van der Waals surface area contributed by atoms with E-state index in [1.54, 1.807) is 24.3 Å². The number of methoxy groups -OCH3 is 1. The normalized spacial score (nSPS) is 19.2. The third kappa shape index (κ3) is 3.63. The molecule has 1 fully saturated rings. The Labute approximate surface area is 129 Å². The van der Waals surface area contributed by atoms with Crippen molar-refractivity contribution in [1.82, 2.24) is 5.32 Å². The summed E-state index contributed by atoms with van der Waals surface area (Å²) in [7, 11) is 1.29. The number of carbonyl (C=O) groups excluding carboxylic acids is 3. The largest absolute Gasteiger partial charge is 0.465 e. The molecule has 0 aliphatic heterocycles. The predicted molar refractivity (Wildman–Crippen MR) is 81.3 cm³/mol. The zero-order valence-corrected chi connectivity index (χ0v) is 12.7. The zero-order valence-electron chi connectivity index (χ0n) is 12.7. The van der Waals surface area contributed by atoms with Crippen molar-refractivity contribution in [3.63, 3.8) is 0 Å². The molecule has 0 aromatic heterocycles. The lowest BCUT2D eigenvalue weighted by Gasteiger charge is -2.09. The maximum absolute atomic E-state index is 12.2. The number of hydrogen-bond donors (Lipinski definition) is 2. The van der Waals surface area contributed by atoms with E-state index in [1.165, 1.54) is 7.11 Å². The summed E-state index contributed by atoms with van der Waals surface area (Å²) in [5, 5.41) is 5.50. The summed E-state index contributed by atoms with van der Waals surface area (Å²) >= 11 is 0. The Kier molecular flexibility index (Phi) is 5.14. The Morgan fingerprint density at radius 2 is 1.86 bits per heavy atom. The van der Waals surface area contributed by atoms with E-state index < -0.39 is 5.97 Å². The molecule has 0 bridgehead atoms. The van der Waals surface area contributed by atoms with Crippen LogP contribution in [0.1, 0.15) is 30.1 Å². The standard InChI is InChI=1S/C16H20N2O4/c1-3-8-17-14(19)11-9-12(11)15(20)18-13-7-5-4-6-10(13)16(21)22-2/h4-7,11-12H,3,8-9H2,1-2H3,(H,17,19)(H,18,20). The van der Waals surface area contributed by atoms with Crippen molar-refractivity contribution in [3.05, 3.63) is 29.8 Å². The number of para-hydroxylation sites is 1. The van der Waals surface area contributed by atoms with Crippen molar-refractivity contribution < 1.29 is 19.1 Å². The Hall–Kier alpha value is -2.37. The Morgan fingerprint density at radius 1 is 1.18 bits per heavy atom. The maximum Gasteiger partial charge on any atom is 0.339 e. The van der Waals surface area contributed by atoms with Gasteiger partial charge in [-0.3, -0.25) is 9.59 Å². The second kappa shape index (κ2) is 7.06. The lowest BCUT2D eigenvalue weighted by atomic mass is 10.1. The Balaban J connectivity index is 1.97. The van der Waals surface area contributed by atoms with Gasteiger partial charge in [-0.2, -0.15) is 0 Å². The van der Waals surface area contributed by atoms with E-state index >= 15 is 0 Å². The quantitative estimate of drug-likeness (QED) is 0.781. The smallest absolute Gasteiger partial charge is 0.339 e. The summed E-state index contributed by atoms with van der Waals surface area (Å²) in [5.41, 5.74) is 0.699. The minimum absolute atomic E-state index is 0.0803. The molecule has 1 saturated carbocycles. The molecule has 1 aliphatic rings. The van der Waals surface area contributed by atoms with Gasteiger partial charge < -0.3 is 15.4 Å². The van der Waals surface area contributed by atoms with Gasteiger partial charge in [0, 0.05) is 6.54 Å². The number of esters is 1. The van der Waals surface area contributed by atoms with Crippen LogP contribution >= 0.6 is 0 Å². The fourth-order valence-corrected chi connectivity index (χ4v) is 2.26. The van der Waals surface area contributed by atoms with Crippen LogP contribution in [0, 0.1) is 11.8 Å². The average molecular weight is 304 g/mol. The lowest BCUT2D eigenvalue weighted by Crippen LogP contribution is -2.28. The van der Waals surface area contributed by atoms with Crippen LogP contribution in [0.4, 0.5) is 5.69 Å². The number of ether oxygens (including phenoxy) is 1. The number of hydrogen-bond acceptors (Lipinski definition) is 4. The number of anilines is 1. The number of benzene rings is 1. The molecule has 22 heavy (non-hydrogen) atoms. The number of rotatable bonds is 6. The first-order chi connectivity index (χ1) is 10.6. The Bertz CT molecular complexity index is 585. The first kappa shape index (κ1) is 16.0. The summed E-state index contributed by atoms with van der Waals surface area (Å²) in [5.74, 6) is -1.43. The maximum atomic E-state index is 12.2. The highest BCUT2D eigenvalue weighted by Crippen LogP contribution is 2.39. The topological polar surface area (TPSA) is 84.5 Å². The first-order valence-corrected chi connectivity index (χ1v) is 7.34. The van der Waals surface area contributed by atoms with Crippen LogP contribution in [0.3, 0.4) is 0 Å². The molecular formula is C16H20N2O4. The second-order valence-corrected chi connectivity index (χ2v) is 5.27. The predicted octanol–water partition coefficient (Wildman–Crippen LogP) is 1.57. The molecule has 1 aromatic rings. The average Bonchev–Trinajstić information content (AvgIpc) is 3.33. The summed E-state index contributed by atoms with van der Waals surface area (Å²) in [6.45, 7) is 2.59. The molecule has 0 spiro atoms. The van der Waals surface area contributed by atoms with E-state index in [-0.39, 0.29) is 23.7 Å². The molecule has 2 rings (SSSR count). The molecule has 6 nitrogen and oxygen atoms in total. The molecule has 2 unspecified atom stereocenters. The first-order valence-electron chi connectivity index (χ1n) is 7.34. The summed E-state index contributed by atoms with van der Waals surface area (Å²) < 4.78 is 4.68. The molecule has 1 aromatic carbocycles. The lowest BCUT2D eigenvalue weighted by molar-refractivity contribution is -0.125. The molecule has 1 aliphatic carbocycles. The van der Waals surface area contributed by atoms with Crippen LogP contribution in [0.15, 0.2) is 24.3 Å². The monoisotopic (exact) mass is 304 g/mol. The van der Waals surface area contributed by atoms with E-state index in [0.717, 1.165) is 6.42 Å². The van der Waals surface area contributed by atoms with Gasteiger partial charge in [0.1, 0.15) is 0 Å². The summed E-state index contributed by atoms with van der Waals surface area (Å²) in [6.07, 6.45) is 1.41. The van der Waals surface area contributed by atoms with Crippen molar-refractivity contribution in [1.29, 1.82) is 0 Å². The molecule has 0 radical (unpaired) electrons. The number of nitrogens with one attached hydrogen (secondary N) is 2. The fraction of sp³-hybridized carbons (Fsp3) is 0.438. The van der Waals surface area contributed by atoms with Crippen LogP contribution < -0.4 is 10.6 Å². The number of carbonyl (C=O) groups is 3. The van der Waals surface area contributed by atoms with Crippen LogP contribution in [0.25, 0.3) is 0 Å². The molecule has 2 atom stereocenters. The molecule has 118 valence electrons. The number of amides is 2. The highest BCUT2D eigenvalue weighted by Gasteiger charge is 2.48. The van der Waals surface area contributed by atoms with Crippen molar-refractivity contribution >= 4 is 23.5 Å². The van der Waals surface area contributed by atoms with Crippen LogP contribution in [0.5, 0.6) is 0 Å². The molecule has 2 N–H and O–H groups in total. The van der Waals surface area contributed by atoms with Gasteiger partial charge in [0.05, 0.1) is 30.2 Å². The highest BCUT2D eigenvalue weighted by molar-refractivity contribution is 6.04. The zero-order chi connectivity index (χ0) is 16.1. The minimum atomic E-state index is -0.510. The molecule has 6 heteroatoms.